The monoisotopic (exact) mass is 481 g/mol. The quantitative estimate of drug-likeness (QED) is 0.262. The van der Waals surface area contributed by atoms with Crippen LogP contribution < -0.4 is 10.2 Å². The fourth-order valence-electron chi connectivity index (χ4n) is 4.88. The van der Waals surface area contributed by atoms with E-state index >= 15 is 0 Å². The Morgan fingerprint density at radius 2 is 1.69 bits per heavy atom. The van der Waals surface area contributed by atoms with Gasteiger partial charge in [-0.3, -0.25) is 9.59 Å². The molecule has 2 heterocycles. The minimum absolute atomic E-state index is 0.131. The summed E-state index contributed by atoms with van der Waals surface area (Å²) in [5.74, 6) is 0.595. The molecular formula is C31H31NO4. The lowest BCUT2D eigenvalue weighted by atomic mass is 9.97. The van der Waals surface area contributed by atoms with Crippen LogP contribution in [0.25, 0.3) is 11.0 Å². The van der Waals surface area contributed by atoms with Crippen molar-refractivity contribution in [3.8, 4) is 5.75 Å². The number of ether oxygens (including phenoxy) is 1. The number of carbonyl (C=O) groups is 1. The van der Waals surface area contributed by atoms with Crippen molar-refractivity contribution in [1.82, 2.24) is 4.90 Å². The molecule has 0 radical (unpaired) electrons. The van der Waals surface area contributed by atoms with Gasteiger partial charge in [0.25, 0.3) is 5.91 Å². The maximum absolute atomic E-state index is 13.9. The van der Waals surface area contributed by atoms with Gasteiger partial charge in [0.15, 0.2) is 5.43 Å². The van der Waals surface area contributed by atoms with Crippen LogP contribution >= 0.6 is 0 Å². The van der Waals surface area contributed by atoms with E-state index < -0.39 is 6.04 Å². The van der Waals surface area contributed by atoms with Gasteiger partial charge in [-0.2, -0.15) is 0 Å². The fraction of sp³-hybridized carbons (Fsp3) is 0.290. The van der Waals surface area contributed by atoms with E-state index in [1.165, 1.54) is 0 Å². The lowest BCUT2D eigenvalue weighted by Gasteiger charge is -2.25. The van der Waals surface area contributed by atoms with Crippen molar-refractivity contribution in [2.24, 2.45) is 0 Å². The Kier molecular flexibility index (Phi) is 6.64. The number of hydrogen-bond donors (Lipinski definition) is 0. The highest BCUT2D eigenvalue weighted by Gasteiger charge is 2.42. The third kappa shape index (κ3) is 4.41. The number of amides is 1. The minimum Gasteiger partial charge on any atom is -0.494 e. The zero-order valence-corrected chi connectivity index (χ0v) is 21.0. The van der Waals surface area contributed by atoms with E-state index in [-0.39, 0.29) is 17.1 Å². The van der Waals surface area contributed by atoms with Gasteiger partial charge in [-0.05, 0) is 66.8 Å². The van der Waals surface area contributed by atoms with Gasteiger partial charge >= 0.3 is 0 Å². The van der Waals surface area contributed by atoms with Gasteiger partial charge in [0.2, 0.25) is 5.76 Å². The summed E-state index contributed by atoms with van der Waals surface area (Å²) < 4.78 is 12.2. The van der Waals surface area contributed by atoms with Crippen molar-refractivity contribution in [2.75, 3.05) is 6.61 Å². The molecule has 0 saturated carbocycles. The van der Waals surface area contributed by atoms with Crippen LogP contribution in [0.3, 0.4) is 0 Å². The molecule has 5 nitrogen and oxygen atoms in total. The van der Waals surface area contributed by atoms with E-state index in [4.69, 9.17) is 9.15 Å². The summed E-state index contributed by atoms with van der Waals surface area (Å²) in [4.78, 5) is 29.3. The Balaban J connectivity index is 1.63. The molecular weight excluding hydrogens is 450 g/mol. The minimum atomic E-state index is -0.561. The van der Waals surface area contributed by atoms with Crippen LogP contribution in [0.4, 0.5) is 0 Å². The standard InChI is InChI=1S/C31H31NO4/c1-4-5-9-15-35-24-14-10-13-23(18-24)28-27-29(33)25-16-20(2)21(3)17-26(25)36-30(27)31(34)32(28)19-22-11-7-6-8-12-22/h6-8,10-14,16-18,28H,4-5,9,15,19H2,1-3H3. The molecule has 1 atom stereocenters. The fourth-order valence-corrected chi connectivity index (χ4v) is 4.88. The van der Waals surface area contributed by atoms with Gasteiger partial charge in [-0.1, -0.05) is 62.2 Å². The topological polar surface area (TPSA) is 59.8 Å². The normalized spacial score (nSPS) is 14.9. The molecule has 184 valence electrons. The van der Waals surface area contributed by atoms with E-state index in [9.17, 15) is 9.59 Å². The molecule has 0 fully saturated rings. The number of hydrogen-bond acceptors (Lipinski definition) is 4. The maximum Gasteiger partial charge on any atom is 0.291 e. The second-order valence-electron chi connectivity index (χ2n) is 9.56. The summed E-state index contributed by atoms with van der Waals surface area (Å²) in [6, 6.07) is 20.7. The molecule has 1 unspecified atom stereocenters. The summed E-state index contributed by atoms with van der Waals surface area (Å²) in [6.45, 7) is 7.11. The van der Waals surface area contributed by atoms with Gasteiger partial charge in [-0.15, -0.1) is 0 Å². The number of carbonyl (C=O) groups excluding carboxylic acids is 1. The third-order valence-corrected chi connectivity index (χ3v) is 6.97. The Bertz CT molecular complexity index is 1470. The van der Waals surface area contributed by atoms with Gasteiger partial charge in [0.1, 0.15) is 11.3 Å². The summed E-state index contributed by atoms with van der Waals surface area (Å²) >= 11 is 0. The lowest BCUT2D eigenvalue weighted by Crippen LogP contribution is -2.29. The predicted octanol–water partition coefficient (Wildman–Crippen LogP) is 6.72. The van der Waals surface area contributed by atoms with Crippen LogP contribution in [0.1, 0.15) is 70.6 Å². The second kappa shape index (κ2) is 10.0. The van der Waals surface area contributed by atoms with Crippen molar-refractivity contribution in [1.29, 1.82) is 0 Å². The van der Waals surface area contributed by atoms with Gasteiger partial charge in [0.05, 0.1) is 23.6 Å². The molecule has 0 N–H and O–H groups in total. The van der Waals surface area contributed by atoms with Crippen LogP contribution in [-0.2, 0) is 6.54 Å². The summed E-state index contributed by atoms with van der Waals surface area (Å²) in [6.07, 6.45) is 3.23. The Morgan fingerprint density at radius 3 is 2.47 bits per heavy atom. The number of rotatable bonds is 8. The average Bonchev–Trinajstić information content (AvgIpc) is 3.15. The Morgan fingerprint density at radius 1 is 0.917 bits per heavy atom. The van der Waals surface area contributed by atoms with Crippen molar-refractivity contribution >= 4 is 16.9 Å². The number of nitrogens with zero attached hydrogens (tertiary/aromatic N) is 1. The molecule has 1 amide bonds. The average molecular weight is 482 g/mol. The van der Waals surface area contributed by atoms with Gasteiger partial charge < -0.3 is 14.1 Å². The largest absolute Gasteiger partial charge is 0.494 e. The van der Waals surface area contributed by atoms with Crippen LogP contribution in [-0.4, -0.2) is 17.4 Å². The van der Waals surface area contributed by atoms with Crippen LogP contribution in [0.15, 0.2) is 75.9 Å². The molecule has 1 aromatic heterocycles. The van der Waals surface area contributed by atoms with Crippen LogP contribution in [0.5, 0.6) is 5.75 Å². The van der Waals surface area contributed by atoms with Crippen molar-refractivity contribution in [2.45, 2.75) is 52.6 Å². The first-order chi connectivity index (χ1) is 17.5. The first-order valence-corrected chi connectivity index (χ1v) is 12.6. The van der Waals surface area contributed by atoms with E-state index in [0.717, 1.165) is 47.3 Å². The van der Waals surface area contributed by atoms with E-state index in [0.29, 0.717) is 29.7 Å². The van der Waals surface area contributed by atoms with Crippen molar-refractivity contribution < 1.29 is 13.9 Å². The highest BCUT2D eigenvalue weighted by atomic mass is 16.5. The highest BCUT2D eigenvalue weighted by molar-refractivity contribution is 5.99. The molecule has 5 rings (SSSR count). The first-order valence-electron chi connectivity index (χ1n) is 12.6. The molecule has 5 heteroatoms. The van der Waals surface area contributed by atoms with Gasteiger partial charge in [0, 0.05) is 6.54 Å². The van der Waals surface area contributed by atoms with E-state index in [2.05, 4.69) is 6.92 Å². The SMILES string of the molecule is CCCCCOc1cccc(C2c3c(oc4cc(C)c(C)cc4c3=O)C(=O)N2Cc2ccccc2)c1. The molecule has 1 aliphatic heterocycles. The lowest BCUT2D eigenvalue weighted by molar-refractivity contribution is 0.0714. The molecule has 3 aromatic carbocycles. The molecule has 4 aromatic rings. The summed E-state index contributed by atoms with van der Waals surface area (Å²) in [7, 11) is 0. The van der Waals surface area contributed by atoms with Gasteiger partial charge in [-0.25, -0.2) is 0 Å². The third-order valence-electron chi connectivity index (χ3n) is 6.97. The Labute approximate surface area is 211 Å². The number of benzene rings is 3. The molecule has 0 spiro atoms. The maximum atomic E-state index is 13.9. The zero-order chi connectivity index (χ0) is 25.2. The first kappa shape index (κ1) is 23.9. The van der Waals surface area contributed by atoms with Crippen LogP contribution in [0, 0.1) is 13.8 Å². The summed E-state index contributed by atoms with van der Waals surface area (Å²) in [5, 5.41) is 0.503. The van der Waals surface area contributed by atoms with E-state index in [1.807, 2.05) is 80.6 Å². The van der Waals surface area contributed by atoms with E-state index in [1.54, 1.807) is 4.90 Å². The van der Waals surface area contributed by atoms with Crippen LogP contribution in [0.2, 0.25) is 0 Å². The van der Waals surface area contributed by atoms with Crippen molar-refractivity contribution in [3.63, 3.8) is 0 Å². The second-order valence-corrected chi connectivity index (χ2v) is 9.56. The Hall–Kier alpha value is -3.86. The smallest absolute Gasteiger partial charge is 0.291 e. The number of fused-ring (bicyclic) bond motifs is 2. The molecule has 0 saturated heterocycles. The number of unbranched alkanes of at least 4 members (excludes halogenated alkanes) is 2. The predicted molar refractivity (Wildman–Crippen MR) is 142 cm³/mol. The summed E-state index contributed by atoms with van der Waals surface area (Å²) in [5.41, 5.74) is 4.54. The molecule has 36 heavy (non-hydrogen) atoms. The molecule has 1 aliphatic rings. The van der Waals surface area contributed by atoms with Crippen molar-refractivity contribution in [3.05, 3.63) is 111 Å². The molecule has 0 bridgehead atoms. The zero-order valence-electron chi connectivity index (χ0n) is 21.0. The number of aryl methyl sites for hydroxylation is 2. The molecule has 0 aliphatic carbocycles. The highest BCUT2D eigenvalue weighted by Crippen LogP contribution is 2.40.